The Bertz CT molecular complexity index is 693. The van der Waals surface area contributed by atoms with Gasteiger partial charge in [0.25, 0.3) is 0 Å². The van der Waals surface area contributed by atoms with Crippen LogP contribution in [0.25, 0.3) is 0 Å². The number of esters is 1. The van der Waals surface area contributed by atoms with E-state index in [-0.39, 0.29) is 23.9 Å². The Kier molecular flexibility index (Phi) is 14.3. The van der Waals surface area contributed by atoms with E-state index in [1.165, 1.54) is 19.8 Å². The molecule has 1 saturated heterocycles. The second kappa shape index (κ2) is 15.5. The highest BCUT2D eigenvalue weighted by molar-refractivity contribution is 5.83. The van der Waals surface area contributed by atoms with Crippen molar-refractivity contribution in [1.82, 2.24) is 0 Å². The number of Topliss-reactive ketones (excluding diaryl/α,β-unsaturated/α-hetero) is 1. The van der Waals surface area contributed by atoms with Crippen molar-refractivity contribution in [2.75, 3.05) is 13.7 Å². The molecule has 0 saturated carbocycles. The average Bonchev–Trinajstić information content (AvgIpc) is 2.85. The van der Waals surface area contributed by atoms with E-state index in [2.05, 4.69) is 34.6 Å². The van der Waals surface area contributed by atoms with Crippen LogP contribution in [0.3, 0.4) is 0 Å². The maximum atomic E-state index is 13.0. The standard InChI is InChI=1S/C30H56O7/c1-11-12-18(2)22(6)19(3)15-21(5)37-26-14-13-25(35-10)16-20(4)27(31)24(8)28(32)30(9,34)17-36-29(33)23(26)7/h18-26,28,32,34H,11-17H2,1-10H3/t18?,19?,20-,21-,22+,23?,24?,25?,26+,28?,30-/m1/s1. The monoisotopic (exact) mass is 528 g/mol. The minimum Gasteiger partial charge on any atom is -0.462 e. The van der Waals surface area contributed by atoms with Crippen molar-refractivity contribution in [3.63, 3.8) is 0 Å². The zero-order valence-electron chi connectivity index (χ0n) is 25.2. The van der Waals surface area contributed by atoms with E-state index in [9.17, 15) is 19.8 Å². The molecule has 1 heterocycles. The lowest BCUT2D eigenvalue weighted by atomic mass is 9.80. The molecule has 7 nitrogen and oxygen atoms in total. The van der Waals surface area contributed by atoms with Crippen molar-refractivity contribution in [1.29, 1.82) is 0 Å². The van der Waals surface area contributed by atoms with Crippen LogP contribution in [-0.2, 0) is 23.8 Å². The third-order valence-electron chi connectivity index (χ3n) is 8.85. The van der Waals surface area contributed by atoms with E-state index in [4.69, 9.17) is 14.2 Å². The van der Waals surface area contributed by atoms with E-state index < -0.39 is 42.2 Å². The molecule has 0 aromatic rings. The molecule has 0 aromatic heterocycles. The van der Waals surface area contributed by atoms with Crippen molar-refractivity contribution in [3.8, 4) is 0 Å². The van der Waals surface area contributed by atoms with Gasteiger partial charge in [-0.3, -0.25) is 9.59 Å². The molecule has 0 amide bonds. The molecule has 1 aliphatic heterocycles. The van der Waals surface area contributed by atoms with Crippen LogP contribution < -0.4 is 0 Å². The van der Waals surface area contributed by atoms with Gasteiger partial charge in [-0.05, 0) is 64.2 Å². The van der Waals surface area contributed by atoms with Crippen LogP contribution in [0.4, 0.5) is 0 Å². The fourth-order valence-corrected chi connectivity index (χ4v) is 5.73. The highest BCUT2D eigenvalue weighted by atomic mass is 16.6. The molecule has 0 bridgehead atoms. The molecule has 6 unspecified atom stereocenters. The average molecular weight is 529 g/mol. The Hall–Kier alpha value is -1.02. The fraction of sp³-hybridized carbons (Fsp3) is 0.933. The van der Waals surface area contributed by atoms with Gasteiger partial charge in [-0.1, -0.05) is 54.4 Å². The predicted octanol–water partition coefficient (Wildman–Crippen LogP) is 5.19. The molecule has 7 heteroatoms. The second-order valence-corrected chi connectivity index (χ2v) is 12.3. The molecule has 0 aliphatic carbocycles. The molecular weight excluding hydrogens is 472 g/mol. The van der Waals surface area contributed by atoms with Gasteiger partial charge in [0.05, 0.1) is 30.3 Å². The Morgan fingerprint density at radius 1 is 1.05 bits per heavy atom. The number of rotatable bonds is 9. The maximum Gasteiger partial charge on any atom is 0.311 e. The third kappa shape index (κ3) is 10.2. The second-order valence-electron chi connectivity index (χ2n) is 12.3. The summed E-state index contributed by atoms with van der Waals surface area (Å²) >= 11 is 0. The van der Waals surface area contributed by atoms with Crippen LogP contribution in [0, 0.1) is 35.5 Å². The number of methoxy groups -OCH3 is 1. The topological polar surface area (TPSA) is 102 Å². The minimum absolute atomic E-state index is 0.0438. The van der Waals surface area contributed by atoms with Gasteiger partial charge in [0, 0.05) is 18.9 Å². The summed E-state index contributed by atoms with van der Waals surface area (Å²) in [4.78, 5) is 26.0. The maximum absolute atomic E-state index is 13.0. The molecule has 218 valence electrons. The van der Waals surface area contributed by atoms with E-state index in [0.29, 0.717) is 37.0 Å². The number of cyclic esters (lactones) is 1. The van der Waals surface area contributed by atoms with Gasteiger partial charge in [0.1, 0.15) is 18.0 Å². The SMILES string of the molecule is CCCC(C)[C@H](C)C(C)C[C@@H](C)O[C@H]1CCC(OC)C[C@@H](C)C(=O)C(C)C(O)[C@](C)(O)COC(=O)C1C. The molecule has 1 aliphatic rings. The van der Waals surface area contributed by atoms with Crippen LogP contribution in [0.15, 0.2) is 0 Å². The van der Waals surface area contributed by atoms with Gasteiger partial charge in [-0.2, -0.15) is 0 Å². The number of aliphatic hydroxyl groups excluding tert-OH is 1. The number of carbonyl (C=O) groups excluding carboxylic acids is 2. The summed E-state index contributed by atoms with van der Waals surface area (Å²) in [5.74, 6) is -0.635. The van der Waals surface area contributed by atoms with Crippen LogP contribution in [0.2, 0.25) is 0 Å². The molecule has 11 atom stereocenters. The van der Waals surface area contributed by atoms with Crippen molar-refractivity contribution in [2.45, 2.75) is 131 Å². The van der Waals surface area contributed by atoms with E-state index >= 15 is 0 Å². The molecule has 37 heavy (non-hydrogen) atoms. The first kappa shape index (κ1) is 34.0. The first-order valence-electron chi connectivity index (χ1n) is 14.4. The highest BCUT2D eigenvalue weighted by Crippen LogP contribution is 2.31. The van der Waals surface area contributed by atoms with Gasteiger partial charge in [0.2, 0.25) is 0 Å². The smallest absolute Gasteiger partial charge is 0.311 e. The number of hydrogen-bond acceptors (Lipinski definition) is 7. The lowest BCUT2D eigenvalue weighted by Gasteiger charge is -2.35. The fourth-order valence-electron chi connectivity index (χ4n) is 5.73. The van der Waals surface area contributed by atoms with Crippen molar-refractivity contribution < 1.29 is 34.0 Å². The Morgan fingerprint density at radius 2 is 1.68 bits per heavy atom. The van der Waals surface area contributed by atoms with Gasteiger partial charge in [-0.25, -0.2) is 0 Å². The lowest BCUT2D eigenvalue weighted by Crippen LogP contribution is -2.50. The predicted molar refractivity (Wildman–Crippen MR) is 146 cm³/mol. The van der Waals surface area contributed by atoms with E-state index in [0.717, 1.165) is 6.42 Å². The number of ketones is 1. The van der Waals surface area contributed by atoms with Crippen molar-refractivity contribution in [2.24, 2.45) is 35.5 Å². The summed E-state index contributed by atoms with van der Waals surface area (Å²) in [6.45, 7) is 17.4. The zero-order valence-corrected chi connectivity index (χ0v) is 25.2. The summed E-state index contributed by atoms with van der Waals surface area (Å²) < 4.78 is 17.7. The largest absolute Gasteiger partial charge is 0.462 e. The summed E-state index contributed by atoms with van der Waals surface area (Å²) in [7, 11) is 1.63. The lowest BCUT2D eigenvalue weighted by molar-refractivity contribution is -0.173. The number of ether oxygens (including phenoxy) is 3. The first-order valence-corrected chi connectivity index (χ1v) is 14.4. The number of carbonyl (C=O) groups is 2. The van der Waals surface area contributed by atoms with Crippen molar-refractivity contribution >= 4 is 11.8 Å². The quantitative estimate of drug-likeness (QED) is 0.397. The number of aliphatic hydroxyl groups is 2. The minimum atomic E-state index is -1.75. The third-order valence-corrected chi connectivity index (χ3v) is 8.85. The zero-order chi connectivity index (χ0) is 28.5. The summed E-state index contributed by atoms with van der Waals surface area (Å²) in [5, 5.41) is 21.6. The molecule has 0 radical (unpaired) electrons. The van der Waals surface area contributed by atoms with Gasteiger partial charge in [-0.15, -0.1) is 0 Å². The van der Waals surface area contributed by atoms with E-state index in [1.807, 2.05) is 6.92 Å². The molecular formula is C30H56O7. The Balaban J connectivity index is 3.08. The Labute approximate surface area is 226 Å². The van der Waals surface area contributed by atoms with Gasteiger partial charge in [0.15, 0.2) is 0 Å². The summed E-state index contributed by atoms with van der Waals surface area (Å²) in [6, 6.07) is 0. The van der Waals surface area contributed by atoms with Crippen LogP contribution in [0.1, 0.15) is 101 Å². The highest BCUT2D eigenvalue weighted by Gasteiger charge is 2.41. The first-order chi connectivity index (χ1) is 17.2. The van der Waals surface area contributed by atoms with Crippen LogP contribution in [-0.4, -0.2) is 65.7 Å². The molecule has 2 N–H and O–H groups in total. The van der Waals surface area contributed by atoms with Gasteiger partial charge < -0.3 is 24.4 Å². The normalized spacial score (nSPS) is 36.2. The molecule has 0 spiro atoms. The van der Waals surface area contributed by atoms with E-state index in [1.54, 1.807) is 21.0 Å². The van der Waals surface area contributed by atoms with Crippen molar-refractivity contribution in [3.05, 3.63) is 0 Å². The molecule has 1 rings (SSSR count). The Morgan fingerprint density at radius 3 is 2.24 bits per heavy atom. The van der Waals surface area contributed by atoms with Crippen LogP contribution in [0.5, 0.6) is 0 Å². The summed E-state index contributed by atoms with van der Waals surface area (Å²) in [5.41, 5.74) is -1.75. The molecule has 1 fully saturated rings. The van der Waals surface area contributed by atoms with Gasteiger partial charge >= 0.3 is 5.97 Å². The van der Waals surface area contributed by atoms with Crippen LogP contribution >= 0.6 is 0 Å². The molecule has 0 aromatic carbocycles. The number of hydrogen-bond donors (Lipinski definition) is 2. The summed E-state index contributed by atoms with van der Waals surface area (Å²) in [6.07, 6.45) is 3.02.